The van der Waals surface area contributed by atoms with Crippen molar-refractivity contribution in [2.45, 2.75) is 57.9 Å². The number of ether oxygens (including phenoxy) is 2. The number of hydrogen-bond acceptors (Lipinski definition) is 4. The van der Waals surface area contributed by atoms with Gasteiger partial charge in [0.15, 0.2) is 0 Å². The normalized spacial score (nSPS) is 17.9. The van der Waals surface area contributed by atoms with Crippen molar-refractivity contribution in [2.75, 3.05) is 31.3 Å². The predicted octanol–water partition coefficient (Wildman–Crippen LogP) is 6.17. The number of piperidine rings is 1. The third kappa shape index (κ3) is 5.97. The van der Waals surface area contributed by atoms with E-state index in [9.17, 15) is 9.90 Å². The zero-order valence-corrected chi connectivity index (χ0v) is 19.6. The number of fused-ring (bicyclic) bond motifs is 3. The number of carbonyl (C=O) groups is 1. The highest BCUT2D eigenvalue weighted by atomic mass is 16.5. The Kier molecular flexibility index (Phi) is 8.05. The molecule has 2 aromatic carbocycles. The van der Waals surface area contributed by atoms with E-state index in [4.69, 9.17) is 9.47 Å². The molecule has 2 aromatic rings. The number of hydrogen-bond donors (Lipinski definition) is 1. The molecule has 0 spiro atoms. The Morgan fingerprint density at radius 3 is 2.64 bits per heavy atom. The lowest BCUT2D eigenvalue weighted by Gasteiger charge is -2.39. The summed E-state index contributed by atoms with van der Waals surface area (Å²) < 4.78 is 11.3. The largest absolute Gasteiger partial charge is 0.491 e. The summed E-state index contributed by atoms with van der Waals surface area (Å²) in [6.07, 6.45) is 9.17. The molecule has 1 saturated heterocycles. The molecule has 5 nitrogen and oxygen atoms in total. The van der Waals surface area contributed by atoms with E-state index >= 15 is 0 Å². The summed E-state index contributed by atoms with van der Waals surface area (Å²) in [6, 6.07) is 15.0. The van der Waals surface area contributed by atoms with Crippen LogP contribution >= 0.6 is 0 Å². The van der Waals surface area contributed by atoms with Crippen molar-refractivity contribution in [2.24, 2.45) is 0 Å². The van der Waals surface area contributed by atoms with Crippen LogP contribution in [-0.4, -0.2) is 43.5 Å². The van der Waals surface area contributed by atoms with Crippen LogP contribution in [0.5, 0.6) is 5.75 Å². The average Bonchev–Trinajstić information content (AvgIpc) is 2.83. The van der Waals surface area contributed by atoms with Crippen LogP contribution in [0.2, 0.25) is 0 Å². The summed E-state index contributed by atoms with van der Waals surface area (Å²) in [4.78, 5) is 14.3. The van der Waals surface area contributed by atoms with Crippen LogP contribution in [-0.2, 0) is 9.53 Å². The molecule has 4 rings (SSSR count). The SMILES string of the molecule is CCCCOCCOc1ccc(-c2ccc3c(c2)C=C(C(=O)O)CCC2CCCCN32)cc1. The van der Waals surface area contributed by atoms with Crippen LogP contribution in [0, 0.1) is 0 Å². The van der Waals surface area contributed by atoms with Gasteiger partial charge in [0.2, 0.25) is 0 Å². The average molecular weight is 450 g/mol. The maximum atomic E-state index is 11.8. The van der Waals surface area contributed by atoms with Crippen LogP contribution in [0.25, 0.3) is 17.2 Å². The van der Waals surface area contributed by atoms with Gasteiger partial charge in [-0.1, -0.05) is 31.5 Å². The number of carboxylic acid groups (broad SMARTS) is 1. The number of anilines is 1. The van der Waals surface area contributed by atoms with Gasteiger partial charge in [-0.15, -0.1) is 0 Å². The fourth-order valence-electron chi connectivity index (χ4n) is 4.79. The Hall–Kier alpha value is -2.79. The highest BCUT2D eigenvalue weighted by molar-refractivity contribution is 5.94. The van der Waals surface area contributed by atoms with Gasteiger partial charge in [-0.05, 0) is 85.6 Å². The second-order valence-electron chi connectivity index (χ2n) is 8.97. The molecular formula is C28H35NO4. The Morgan fingerprint density at radius 2 is 1.85 bits per heavy atom. The summed E-state index contributed by atoms with van der Waals surface area (Å²) in [5.41, 5.74) is 4.83. The van der Waals surface area contributed by atoms with E-state index in [0.717, 1.165) is 67.0 Å². The quantitative estimate of drug-likeness (QED) is 0.464. The first-order valence-electron chi connectivity index (χ1n) is 12.3. The molecule has 5 heteroatoms. The van der Waals surface area contributed by atoms with E-state index < -0.39 is 5.97 Å². The molecule has 2 heterocycles. The molecule has 0 aliphatic carbocycles. The Bertz CT molecular complexity index is 966. The van der Waals surface area contributed by atoms with Gasteiger partial charge in [-0.2, -0.15) is 0 Å². The lowest BCUT2D eigenvalue weighted by Crippen LogP contribution is -2.40. The molecule has 176 valence electrons. The maximum absolute atomic E-state index is 11.8. The Morgan fingerprint density at radius 1 is 1.03 bits per heavy atom. The van der Waals surface area contributed by atoms with E-state index in [1.54, 1.807) is 0 Å². The van der Waals surface area contributed by atoms with Crippen molar-refractivity contribution in [3.8, 4) is 16.9 Å². The standard InChI is InChI=1S/C28H35NO4/c1-2-3-16-32-17-18-33-26-12-8-21(9-13-26)22-10-14-27-24(19-22)20-23(28(30)31)7-11-25-6-4-5-15-29(25)27/h8-10,12-14,19-20,25H,2-7,11,15-18H2,1H3,(H,30,31). The molecule has 2 aliphatic heterocycles. The van der Waals surface area contributed by atoms with Crippen LogP contribution in [0.3, 0.4) is 0 Å². The molecule has 0 bridgehead atoms. The third-order valence-electron chi connectivity index (χ3n) is 6.64. The smallest absolute Gasteiger partial charge is 0.331 e. The van der Waals surface area contributed by atoms with Gasteiger partial charge >= 0.3 is 5.97 Å². The Balaban J connectivity index is 1.51. The topological polar surface area (TPSA) is 59.0 Å². The van der Waals surface area contributed by atoms with Gasteiger partial charge in [-0.25, -0.2) is 4.79 Å². The van der Waals surface area contributed by atoms with Gasteiger partial charge in [0.05, 0.1) is 6.61 Å². The number of unbranched alkanes of at least 4 members (excludes halogenated alkanes) is 1. The predicted molar refractivity (Wildman–Crippen MR) is 133 cm³/mol. The van der Waals surface area contributed by atoms with E-state index in [-0.39, 0.29) is 0 Å². The molecule has 0 radical (unpaired) electrons. The summed E-state index contributed by atoms with van der Waals surface area (Å²) in [7, 11) is 0. The number of carboxylic acids is 1. The lowest BCUT2D eigenvalue weighted by molar-refractivity contribution is -0.132. The highest BCUT2D eigenvalue weighted by Crippen LogP contribution is 2.37. The molecule has 1 atom stereocenters. The first-order chi connectivity index (χ1) is 16.2. The molecule has 0 aromatic heterocycles. The van der Waals surface area contributed by atoms with E-state index in [2.05, 4.69) is 42.2 Å². The fourth-order valence-corrected chi connectivity index (χ4v) is 4.79. The fraction of sp³-hybridized carbons (Fsp3) is 0.464. The van der Waals surface area contributed by atoms with E-state index in [1.807, 2.05) is 18.2 Å². The van der Waals surface area contributed by atoms with Crippen molar-refractivity contribution in [3.63, 3.8) is 0 Å². The maximum Gasteiger partial charge on any atom is 0.331 e. The van der Waals surface area contributed by atoms with Gasteiger partial charge in [0.25, 0.3) is 0 Å². The second-order valence-corrected chi connectivity index (χ2v) is 8.97. The zero-order chi connectivity index (χ0) is 23.0. The minimum absolute atomic E-state index is 0.425. The third-order valence-corrected chi connectivity index (χ3v) is 6.64. The molecule has 1 unspecified atom stereocenters. The van der Waals surface area contributed by atoms with Crippen LogP contribution < -0.4 is 9.64 Å². The molecule has 0 saturated carbocycles. The summed E-state index contributed by atoms with van der Waals surface area (Å²) in [6.45, 7) is 5.12. The van der Waals surface area contributed by atoms with Gasteiger partial charge in [0.1, 0.15) is 12.4 Å². The van der Waals surface area contributed by atoms with Crippen LogP contribution in [0.15, 0.2) is 48.0 Å². The summed E-state index contributed by atoms with van der Waals surface area (Å²) in [5, 5.41) is 9.72. The van der Waals surface area contributed by atoms with Gasteiger partial charge in [0, 0.05) is 30.5 Å². The molecule has 33 heavy (non-hydrogen) atoms. The molecule has 0 amide bonds. The molecule has 2 aliphatic rings. The van der Waals surface area contributed by atoms with E-state index in [0.29, 0.717) is 31.2 Å². The van der Waals surface area contributed by atoms with Crippen molar-refractivity contribution in [1.82, 2.24) is 0 Å². The second kappa shape index (κ2) is 11.4. The van der Waals surface area contributed by atoms with Crippen molar-refractivity contribution in [3.05, 3.63) is 53.6 Å². The van der Waals surface area contributed by atoms with Crippen molar-refractivity contribution >= 4 is 17.7 Å². The zero-order valence-electron chi connectivity index (χ0n) is 19.6. The number of aliphatic carboxylic acids is 1. The van der Waals surface area contributed by atoms with Crippen molar-refractivity contribution < 1.29 is 19.4 Å². The van der Waals surface area contributed by atoms with Gasteiger partial charge in [-0.3, -0.25) is 0 Å². The van der Waals surface area contributed by atoms with Crippen LogP contribution in [0.1, 0.15) is 57.4 Å². The number of benzene rings is 2. The molecule has 1 fully saturated rings. The minimum atomic E-state index is -0.809. The number of rotatable bonds is 9. The Labute approximate surface area is 197 Å². The van der Waals surface area contributed by atoms with Crippen LogP contribution in [0.4, 0.5) is 5.69 Å². The minimum Gasteiger partial charge on any atom is -0.491 e. The first-order valence-corrected chi connectivity index (χ1v) is 12.3. The van der Waals surface area contributed by atoms with Gasteiger partial charge < -0.3 is 19.5 Å². The molecule has 1 N–H and O–H groups in total. The van der Waals surface area contributed by atoms with E-state index in [1.165, 1.54) is 12.8 Å². The van der Waals surface area contributed by atoms with Crippen molar-refractivity contribution in [1.29, 1.82) is 0 Å². The first kappa shape index (κ1) is 23.4. The lowest BCUT2D eigenvalue weighted by atomic mass is 9.90. The summed E-state index contributed by atoms with van der Waals surface area (Å²) in [5.74, 6) is 0.0177. The number of nitrogens with zero attached hydrogens (tertiary/aromatic N) is 1. The molecular weight excluding hydrogens is 414 g/mol. The summed E-state index contributed by atoms with van der Waals surface area (Å²) >= 11 is 0. The highest BCUT2D eigenvalue weighted by Gasteiger charge is 2.27. The monoisotopic (exact) mass is 449 g/mol.